The van der Waals surface area contributed by atoms with Crippen LogP contribution in [-0.2, 0) is 0 Å². The topological polar surface area (TPSA) is 58.2 Å². The number of aromatic amines is 1. The predicted octanol–water partition coefficient (Wildman–Crippen LogP) is 3.51. The third-order valence-corrected chi connectivity index (χ3v) is 4.43. The van der Waals surface area contributed by atoms with E-state index in [2.05, 4.69) is 10.2 Å². The number of para-hydroxylation sites is 1. The number of amides is 1. The summed E-state index contributed by atoms with van der Waals surface area (Å²) in [6.45, 7) is 1.18. The van der Waals surface area contributed by atoms with Crippen molar-refractivity contribution in [1.82, 2.24) is 15.1 Å². The fourth-order valence-electron chi connectivity index (χ4n) is 3.07. The van der Waals surface area contributed by atoms with E-state index < -0.39 is 0 Å². The first-order valence-electron chi connectivity index (χ1n) is 8.51. The van der Waals surface area contributed by atoms with Crippen molar-refractivity contribution >= 4 is 5.91 Å². The molecule has 26 heavy (non-hydrogen) atoms. The van der Waals surface area contributed by atoms with Gasteiger partial charge in [-0.15, -0.1) is 0 Å². The van der Waals surface area contributed by atoms with Crippen LogP contribution in [0, 0.1) is 5.82 Å². The minimum Gasteiger partial charge on any atom is -0.489 e. The third kappa shape index (κ3) is 3.44. The first-order valence-corrected chi connectivity index (χ1v) is 8.51. The Hall–Kier alpha value is -3.15. The highest BCUT2D eigenvalue weighted by Crippen LogP contribution is 2.22. The summed E-state index contributed by atoms with van der Waals surface area (Å²) in [4.78, 5) is 14.4. The molecule has 1 aromatic heterocycles. The molecule has 132 valence electrons. The van der Waals surface area contributed by atoms with Crippen LogP contribution in [0.15, 0.2) is 60.7 Å². The van der Waals surface area contributed by atoms with Gasteiger partial charge in [0, 0.05) is 18.5 Å². The number of ether oxygens (including phenoxy) is 1. The van der Waals surface area contributed by atoms with Crippen LogP contribution in [0.4, 0.5) is 4.39 Å². The van der Waals surface area contributed by atoms with E-state index in [1.807, 2.05) is 30.3 Å². The second-order valence-corrected chi connectivity index (χ2v) is 6.27. The molecule has 0 unspecified atom stereocenters. The van der Waals surface area contributed by atoms with E-state index >= 15 is 0 Å². The number of likely N-dealkylation sites (tertiary alicyclic amines) is 1. The number of H-pyrrole nitrogens is 1. The van der Waals surface area contributed by atoms with Crippen LogP contribution in [0.1, 0.15) is 16.9 Å². The first-order chi connectivity index (χ1) is 12.7. The first kappa shape index (κ1) is 16.3. The maximum absolute atomic E-state index is 13.0. The highest BCUT2D eigenvalue weighted by Gasteiger charge is 2.29. The summed E-state index contributed by atoms with van der Waals surface area (Å²) in [5.74, 6) is 0.402. The average Bonchev–Trinajstić information content (AvgIpc) is 3.33. The van der Waals surface area contributed by atoms with Gasteiger partial charge in [0.1, 0.15) is 23.4 Å². The van der Waals surface area contributed by atoms with E-state index in [-0.39, 0.29) is 17.8 Å². The Morgan fingerprint density at radius 3 is 2.69 bits per heavy atom. The molecule has 4 rings (SSSR count). The molecule has 1 aliphatic heterocycles. The number of nitrogens with one attached hydrogen (secondary N) is 1. The van der Waals surface area contributed by atoms with E-state index in [0.29, 0.717) is 24.5 Å². The summed E-state index contributed by atoms with van der Waals surface area (Å²) in [6, 6.07) is 17.3. The molecule has 2 heterocycles. The number of aromatic nitrogens is 2. The van der Waals surface area contributed by atoms with Crippen molar-refractivity contribution in [1.29, 1.82) is 0 Å². The van der Waals surface area contributed by atoms with Gasteiger partial charge in [-0.3, -0.25) is 9.89 Å². The van der Waals surface area contributed by atoms with Crippen molar-refractivity contribution < 1.29 is 13.9 Å². The number of carbonyl (C=O) groups excluding carboxylic acids is 1. The smallest absolute Gasteiger partial charge is 0.272 e. The molecular formula is C20H18FN3O2. The molecule has 5 nitrogen and oxygen atoms in total. The number of hydrogen-bond donors (Lipinski definition) is 1. The molecule has 2 aromatic carbocycles. The monoisotopic (exact) mass is 351 g/mol. The molecule has 1 saturated heterocycles. The third-order valence-electron chi connectivity index (χ3n) is 4.43. The molecule has 0 aliphatic carbocycles. The maximum atomic E-state index is 13.0. The van der Waals surface area contributed by atoms with Crippen LogP contribution < -0.4 is 4.74 Å². The Kier molecular flexibility index (Phi) is 4.39. The van der Waals surface area contributed by atoms with E-state index in [1.165, 1.54) is 12.1 Å². The van der Waals surface area contributed by atoms with Gasteiger partial charge in [0.25, 0.3) is 5.91 Å². The van der Waals surface area contributed by atoms with Crippen molar-refractivity contribution in [3.63, 3.8) is 0 Å². The molecule has 1 aliphatic rings. The van der Waals surface area contributed by atoms with Gasteiger partial charge in [-0.2, -0.15) is 5.10 Å². The highest BCUT2D eigenvalue weighted by atomic mass is 19.1. The van der Waals surface area contributed by atoms with Crippen molar-refractivity contribution in [2.24, 2.45) is 0 Å². The van der Waals surface area contributed by atoms with Gasteiger partial charge < -0.3 is 9.64 Å². The van der Waals surface area contributed by atoms with Gasteiger partial charge in [-0.25, -0.2) is 4.39 Å². The SMILES string of the molecule is O=C(c1cc(-c2ccc(F)cc2)n[nH]1)N1CC[C@@H](Oc2ccccc2)C1. The number of halogens is 1. The quantitative estimate of drug-likeness (QED) is 0.783. The van der Waals surface area contributed by atoms with Crippen LogP contribution >= 0.6 is 0 Å². The summed E-state index contributed by atoms with van der Waals surface area (Å²) in [6.07, 6.45) is 0.778. The predicted molar refractivity (Wildman–Crippen MR) is 95.4 cm³/mol. The average molecular weight is 351 g/mol. The Bertz CT molecular complexity index is 893. The number of carbonyl (C=O) groups is 1. The molecule has 1 N–H and O–H groups in total. The summed E-state index contributed by atoms with van der Waals surface area (Å²) in [5.41, 5.74) is 1.79. The lowest BCUT2D eigenvalue weighted by Crippen LogP contribution is -2.31. The summed E-state index contributed by atoms with van der Waals surface area (Å²) in [7, 11) is 0. The summed E-state index contributed by atoms with van der Waals surface area (Å²) < 4.78 is 19.0. The Labute approximate surface area is 150 Å². The second-order valence-electron chi connectivity index (χ2n) is 6.27. The van der Waals surface area contributed by atoms with Gasteiger partial charge in [0.05, 0.1) is 12.2 Å². The fraction of sp³-hybridized carbons (Fsp3) is 0.200. The van der Waals surface area contributed by atoms with E-state index in [9.17, 15) is 9.18 Å². The summed E-state index contributed by atoms with van der Waals surface area (Å²) in [5, 5.41) is 6.95. The second kappa shape index (κ2) is 7.00. The van der Waals surface area contributed by atoms with E-state index in [4.69, 9.17) is 4.74 Å². The minimum atomic E-state index is -0.304. The molecule has 0 bridgehead atoms. The van der Waals surface area contributed by atoms with Gasteiger partial charge in [0.2, 0.25) is 0 Å². The standard InChI is InChI=1S/C20H18FN3O2/c21-15-8-6-14(7-9-15)18-12-19(23-22-18)20(25)24-11-10-17(13-24)26-16-4-2-1-3-5-16/h1-9,12,17H,10-11,13H2,(H,22,23)/t17-/m1/s1. The maximum Gasteiger partial charge on any atom is 0.272 e. The lowest BCUT2D eigenvalue weighted by atomic mass is 10.1. The van der Waals surface area contributed by atoms with Gasteiger partial charge in [0.15, 0.2) is 0 Å². The molecule has 1 amide bonds. The Balaban J connectivity index is 1.41. The molecule has 6 heteroatoms. The van der Waals surface area contributed by atoms with Crippen LogP contribution in [0.5, 0.6) is 5.75 Å². The zero-order valence-corrected chi connectivity index (χ0v) is 14.1. The molecule has 1 fully saturated rings. The van der Waals surface area contributed by atoms with Gasteiger partial charge in [-0.05, 0) is 42.5 Å². The molecule has 0 spiro atoms. The summed E-state index contributed by atoms with van der Waals surface area (Å²) >= 11 is 0. The zero-order chi connectivity index (χ0) is 17.9. The highest BCUT2D eigenvalue weighted by molar-refractivity contribution is 5.93. The Morgan fingerprint density at radius 2 is 1.92 bits per heavy atom. The Morgan fingerprint density at radius 1 is 1.15 bits per heavy atom. The fourth-order valence-corrected chi connectivity index (χ4v) is 3.07. The van der Waals surface area contributed by atoms with Crippen molar-refractivity contribution in [3.05, 3.63) is 72.2 Å². The molecule has 3 aromatic rings. The lowest BCUT2D eigenvalue weighted by Gasteiger charge is -2.16. The van der Waals surface area contributed by atoms with Crippen molar-refractivity contribution in [2.75, 3.05) is 13.1 Å². The zero-order valence-electron chi connectivity index (χ0n) is 14.1. The largest absolute Gasteiger partial charge is 0.489 e. The van der Waals surface area contributed by atoms with E-state index in [0.717, 1.165) is 17.7 Å². The van der Waals surface area contributed by atoms with Gasteiger partial charge in [-0.1, -0.05) is 18.2 Å². The van der Waals surface area contributed by atoms with Crippen molar-refractivity contribution in [3.8, 4) is 17.0 Å². The number of rotatable bonds is 4. The number of nitrogens with zero attached hydrogens (tertiary/aromatic N) is 2. The van der Waals surface area contributed by atoms with Crippen LogP contribution in [0.25, 0.3) is 11.3 Å². The van der Waals surface area contributed by atoms with Crippen LogP contribution in [0.3, 0.4) is 0 Å². The van der Waals surface area contributed by atoms with Gasteiger partial charge >= 0.3 is 0 Å². The number of benzene rings is 2. The molecular weight excluding hydrogens is 333 g/mol. The van der Waals surface area contributed by atoms with Crippen LogP contribution in [-0.4, -0.2) is 40.2 Å². The normalized spacial score (nSPS) is 16.7. The minimum absolute atomic E-state index is 0.0131. The molecule has 0 radical (unpaired) electrons. The number of hydrogen-bond acceptors (Lipinski definition) is 3. The lowest BCUT2D eigenvalue weighted by molar-refractivity contribution is 0.0766. The van der Waals surface area contributed by atoms with E-state index in [1.54, 1.807) is 23.1 Å². The van der Waals surface area contributed by atoms with Crippen LogP contribution in [0.2, 0.25) is 0 Å². The molecule has 0 saturated carbocycles. The van der Waals surface area contributed by atoms with Crippen molar-refractivity contribution in [2.45, 2.75) is 12.5 Å². The molecule has 1 atom stereocenters.